The van der Waals surface area contributed by atoms with Crippen molar-refractivity contribution in [3.63, 3.8) is 0 Å². The fourth-order valence-electron chi connectivity index (χ4n) is 1.78. The van der Waals surface area contributed by atoms with E-state index in [1.165, 1.54) is 5.56 Å². The molecular formula is C11H13NO. The van der Waals surface area contributed by atoms with E-state index in [-0.39, 0.29) is 11.8 Å². The standard InChI is InChI=1S/C11H13NO/c1-2-7-3-4-8-6-10(12)11(13)9(8)5-7/h3-5,10H,2,6,12H2,1H3. The molecule has 0 radical (unpaired) electrons. The highest BCUT2D eigenvalue weighted by molar-refractivity contribution is 6.04. The zero-order valence-corrected chi connectivity index (χ0v) is 7.71. The molecule has 1 aromatic carbocycles. The van der Waals surface area contributed by atoms with Crippen LogP contribution in [0.25, 0.3) is 0 Å². The van der Waals surface area contributed by atoms with E-state index < -0.39 is 0 Å². The molecule has 0 amide bonds. The van der Waals surface area contributed by atoms with Crippen molar-refractivity contribution in [2.75, 3.05) is 0 Å². The molecule has 1 aliphatic rings. The number of carbonyl (C=O) groups excluding carboxylic acids is 1. The predicted molar refractivity (Wildman–Crippen MR) is 51.8 cm³/mol. The van der Waals surface area contributed by atoms with Gasteiger partial charge in [0.1, 0.15) is 0 Å². The maximum Gasteiger partial charge on any atom is 0.180 e. The van der Waals surface area contributed by atoms with E-state index in [2.05, 4.69) is 13.0 Å². The molecule has 2 N–H and O–H groups in total. The van der Waals surface area contributed by atoms with Gasteiger partial charge in [-0.2, -0.15) is 0 Å². The molecule has 0 aromatic heterocycles. The smallest absolute Gasteiger partial charge is 0.180 e. The van der Waals surface area contributed by atoms with Crippen LogP contribution in [0.4, 0.5) is 0 Å². The molecule has 68 valence electrons. The van der Waals surface area contributed by atoms with Gasteiger partial charge in [-0.25, -0.2) is 0 Å². The summed E-state index contributed by atoms with van der Waals surface area (Å²) >= 11 is 0. The van der Waals surface area contributed by atoms with Crippen LogP contribution < -0.4 is 5.73 Å². The molecule has 1 aromatic rings. The predicted octanol–water partition coefficient (Wildman–Crippen LogP) is 1.32. The lowest BCUT2D eigenvalue weighted by Gasteiger charge is -2.00. The van der Waals surface area contributed by atoms with Crippen LogP contribution in [0.3, 0.4) is 0 Å². The number of rotatable bonds is 1. The van der Waals surface area contributed by atoms with Crippen LogP contribution in [0.5, 0.6) is 0 Å². The fraction of sp³-hybridized carbons (Fsp3) is 0.364. The summed E-state index contributed by atoms with van der Waals surface area (Å²) < 4.78 is 0. The van der Waals surface area contributed by atoms with Gasteiger partial charge in [0.15, 0.2) is 5.78 Å². The number of benzene rings is 1. The van der Waals surface area contributed by atoms with E-state index in [1.54, 1.807) is 0 Å². The van der Waals surface area contributed by atoms with Gasteiger partial charge >= 0.3 is 0 Å². The molecule has 0 saturated heterocycles. The van der Waals surface area contributed by atoms with Crippen LogP contribution in [0.1, 0.15) is 28.4 Å². The van der Waals surface area contributed by atoms with Gasteiger partial charge in [-0.15, -0.1) is 0 Å². The van der Waals surface area contributed by atoms with Crippen molar-refractivity contribution in [2.45, 2.75) is 25.8 Å². The lowest BCUT2D eigenvalue weighted by molar-refractivity contribution is 0.0974. The number of ketones is 1. The second-order valence-corrected chi connectivity index (χ2v) is 3.52. The first-order chi connectivity index (χ1) is 6.22. The Bertz CT molecular complexity index is 357. The zero-order chi connectivity index (χ0) is 9.42. The van der Waals surface area contributed by atoms with E-state index in [0.29, 0.717) is 6.42 Å². The number of nitrogens with two attached hydrogens (primary N) is 1. The first-order valence-corrected chi connectivity index (χ1v) is 4.64. The number of Topliss-reactive ketones (excluding diaryl/α,β-unsaturated/α-hetero) is 1. The summed E-state index contributed by atoms with van der Waals surface area (Å²) in [6.07, 6.45) is 1.67. The number of carbonyl (C=O) groups is 1. The third-order valence-electron chi connectivity index (χ3n) is 2.62. The second-order valence-electron chi connectivity index (χ2n) is 3.52. The van der Waals surface area contributed by atoms with Crippen LogP contribution in [0.2, 0.25) is 0 Å². The van der Waals surface area contributed by atoms with E-state index in [4.69, 9.17) is 5.73 Å². The summed E-state index contributed by atoms with van der Waals surface area (Å²) in [4.78, 5) is 11.5. The average Bonchev–Trinajstić information content (AvgIpc) is 2.43. The SMILES string of the molecule is CCc1ccc2c(c1)C(=O)C(N)C2. The summed E-state index contributed by atoms with van der Waals surface area (Å²) in [7, 11) is 0. The Morgan fingerprint density at radius 3 is 3.00 bits per heavy atom. The van der Waals surface area contributed by atoms with Crippen LogP contribution in [0.15, 0.2) is 18.2 Å². The van der Waals surface area contributed by atoms with Gasteiger partial charge in [0.2, 0.25) is 0 Å². The highest BCUT2D eigenvalue weighted by atomic mass is 16.1. The van der Waals surface area contributed by atoms with Crippen LogP contribution >= 0.6 is 0 Å². The lowest BCUT2D eigenvalue weighted by atomic mass is 10.0. The Hall–Kier alpha value is -1.15. The first-order valence-electron chi connectivity index (χ1n) is 4.64. The molecule has 0 saturated carbocycles. The van der Waals surface area contributed by atoms with Gasteiger partial charge in [-0.05, 0) is 30.0 Å². The molecule has 1 aliphatic carbocycles. The van der Waals surface area contributed by atoms with Crippen molar-refractivity contribution in [1.29, 1.82) is 0 Å². The normalized spacial score (nSPS) is 20.5. The van der Waals surface area contributed by atoms with Crippen molar-refractivity contribution in [3.05, 3.63) is 34.9 Å². The largest absolute Gasteiger partial charge is 0.321 e. The highest BCUT2D eigenvalue weighted by Crippen LogP contribution is 2.22. The molecule has 2 heteroatoms. The number of fused-ring (bicyclic) bond motifs is 1. The molecular weight excluding hydrogens is 162 g/mol. The van der Waals surface area contributed by atoms with Gasteiger partial charge < -0.3 is 5.73 Å². The third kappa shape index (κ3) is 1.27. The summed E-state index contributed by atoms with van der Waals surface area (Å²) in [5.41, 5.74) is 8.83. The Morgan fingerprint density at radius 1 is 1.54 bits per heavy atom. The molecule has 1 unspecified atom stereocenters. The molecule has 2 nitrogen and oxygen atoms in total. The van der Waals surface area contributed by atoms with Gasteiger partial charge in [0.25, 0.3) is 0 Å². The molecule has 0 aliphatic heterocycles. The molecule has 2 rings (SSSR count). The molecule has 0 fully saturated rings. The number of hydrogen-bond donors (Lipinski definition) is 1. The lowest BCUT2D eigenvalue weighted by Crippen LogP contribution is -2.26. The molecule has 0 spiro atoms. The number of hydrogen-bond acceptors (Lipinski definition) is 2. The molecule has 0 bridgehead atoms. The van der Waals surface area contributed by atoms with Crippen molar-refractivity contribution in [3.8, 4) is 0 Å². The van der Waals surface area contributed by atoms with Gasteiger partial charge in [-0.1, -0.05) is 19.1 Å². The third-order valence-corrected chi connectivity index (χ3v) is 2.62. The molecule has 13 heavy (non-hydrogen) atoms. The van der Waals surface area contributed by atoms with Crippen LogP contribution in [0, 0.1) is 0 Å². The van der Waals surface area contributed by atoms with Gasteiger partial charge in [0, 0.05) is 5.56 Å². The summed E-state index contributed by atoms with van der Waals surface area (Å²) in [6.45, 7) is 2.08. The number of aryl methyl sites for hydroxylation is 1. The quantitative estimate of drug-likeness (QED) is 0.699. The Morgan fingerprint density at radius 2 is 2.31 bits per heavy atom. The zero-order valence-electron chi connectivity index (χ0n) is 7.71. The maximum atomic E-state index is 11.5. The van der Waals surface area contributed by atoms with E-state index in [9.17, 15) is 4.79 Å². The van der Waals surface area contributed by atoms with E-state index >= 15 is 0 Å². The first kappa shape index (κ1) is 8.45. The average molecular weight is 175 g/mol. The topological polar surface area (TPSA) is 43.1 Å². The van der Waals surface area contributed by atoms with Crippen molar-refractivity contribution in [2.24, 2.45) is 5.73 Å². The minimum atomic E-state index is -0.304. The van der Waals surface area contributed by atoms with Gasteiger partial charge in [-0.3, -0.25) is 4.79 Å². The van der Waals surface area contributed by atoms with Gasteiger partial charge in [0.05, 0.1) is 6.04 Å². The van der Waals surface area contributed by atoms with E-state index in [1.807, 2.05) is 12.1 Å². The maximum absolute atomic E-state index is 11.5. The van der Waals surface area contributed by atoms with Crippen molar-refractivity contribution < 1.29 is 4.79 Å². The summed E-state index contributed by atoms with van der Waals surface area (Å²) in [5, 5.41) is 0. The second kappa shape index (κ2) is 2.96. The minimum Gasteiger partial charge on any atom is -0.321 e. The van der Waals surface area contributed by atoms with Crippen LogP contribution in [-0.2, 0) is 12.8 Å². The Balaban J connectivity index is 2.48. The molecule has 1 atom stereocenters. The summed E-state index contributed by atoms with van der Waals surface area (Å²) in [5.74, 6) is 0.102. The van der Waals surface area contributed by atoms with E-state index in [0.717, 1.165) is 17.5 Å². The Kier molecular flexibility index (Phi) is 1.93. The molecule has 0 heterocycles. The Labute approximate surface area is 77.8 Å². The highest BCUT2D eigenvalue weighted by Gasteiger charge is 2.26. The summed E-state index contributed by atoms with van der Waals surface area (Å²) in [6, 6.07) is 5.77. The minimum absolute atomic E-state index is 0.102. The fourth-order valence-corrected chi connectivity index (χ4v) is 1.78. The monoisotopic (exact) mass is 175 g/mol. The van der Waals surface area contributed by atoms with Crippen molar-refractivity contribution in [1.82, 2.24) is 0 Å². The van der Waals surface area contributed by atoms with Crippen molar-refractivity contribution >= 4 is 5.78 Å². The van der Waals surface area contributed by atoms with Crippen LogP contribution in [-0.4, -0.2) is 11.8 Å².